The van der Waals surface area contributed by atoms with E-state index in [0.717, 1.165) is 46.7 Å². The molecule has 0 aliphatic heterocycles. The minimum Gasteiger partial charge on any atom is -0.352 e. The van der Waals surface area contributed by atoms with Crippen molar-refractivity contribution in [1.29, 1.82) is 0 Å². The number of halogens is 1. The molecule has 2 amide bonds. The molecule has 41 heavy (non-hydrogen) atoms. The summed E-state index contributed by atoms with van der Waals surface area (Å²) in [5.41, 5.74) is 3.75. The van der Waals surface area contributed by atoms with E-state index in [1.54, 1.807) is 44.2 Å². The van der Waals surface area contributed by atoms with Crippen LogP contribution in [0.15, 0.2) is 71.6 Å². The molecule has 1 N–H and O–H groups in total. The molecular formula is C32H38ClN3O4S. The zero-order chi connectivity index (χ0) is 29.7. The summed E-state index contributed by atoms with van der Waals surface area (Å²) >= 11 is 6.30. The first-order valence-corrected chi connectivity index (χ1v) is 15.8. The van der Waals surface area contributed by atoms with Crippen LogP contribution in [0.25, 0.3) is 0 Å². The standard InChI is InChI=1S/C32H38ClN3O4S/c1-22-12-16-29(17-13-22)41(39,40)36(30-19-27(33)15-14-24(30)3)21-31(37)35(20-26-9-7-8-23(2)18-26)25(4)32(38)34-28-10-5-6-11-28/h7-9,12-19,25,28H,5-6,10-11,20-21H2,1-4H3,(H,34,38)/t25-/m1/s1. The predicted molar refractivity (Wildman–Crippen MR) is 163 cm³/mol. The fourth-order valence-electron chi connectivity index (χ4n) is 5.18. The number of amides is 2. The van der Waals surface area contributed by atoms with E-state index >= 15 is 0 Å². The Morgan fingerprint density at radius 1 is 0.951 bits per heavy atom. The van der Waals surface area contributed by atoms with Crippen molar-refractivity contribution >= 4 is 39.1 Å². The van der Waals surface area contributed by atoms with Gasteiger partial charge in [-0.3, -0.25) is 13.9 Å². The molecule has 4 rings (SSSR count). The summed E-state index contributed by atoms with van der Waals surface area (Å²) < 4.78 is 29.2. The van der Waals surface area contributed by atoms with Crippen molar-refractivity contribution in [2.45, 2.75) is 76.9 Å². The smallest absolute Gasteiger partial charge is 0.264 e. The predicted octanol–water partition coefficient (Wildman–Crippen LogP) is 5.94. The number of hydrogen-bond acceptors (Lipinski definition) is 4. The van der Waals surface area contributed by atoms with Crippen molar-refractivity contribution in [3.8, 4) is 0 Å². The number of nitrogens with zero attached hydrogens (tertiary/aromatic N) is 2. The molecule has 1 atom stereocenters. The van der Waals surface area contributed by atoms with Crippen molar-refractivity contribution in [2.24, 2.45) is 0 Å². The zero-order valence-corrected chi connectivity index (χ0v) is 25.6. The second-order valence-corrected chi connectivity index (χ2v) is 13.2. The van der Waals surface area contributed by atoms with Gasteiger partial charge in [0.15, 0.2) is 0 Å². The van der Waals surface area contributed by atoms with Gasteiger partial charge in [0, 0.05) is 17.6 Å². The normalized spacial score (nSPS) is 14.5. The maximum atomic E-state index is 14.1. The van der Waals surface area contributed by atoms with Crippen molar-refractivity contribution in [2.75, 3.05) is 10.8 Å². The Kier molecular flexibility index (Phi) is 9.76. The number of carbonyl (C=O) groups excluding carboxylic acids is 2. The molecule has 3 aromatic rings. The molecule has 218 valence electrons. The highest BCUT2D eigenvalue weighted by Crippen LogP contribution is 2.30. The Morgan fingerprint density at radius 3 is 2.29 bits per heavy atom. The van der Waals surface area contributed by atoms with Gasteiger partial charge in [-0.25, -0.2) is 8.42 Å². The lowest BCUT2D eigenvalue weighted by molar-refractivity contribution is -0.139. The molecule has 1 fully saturated rings. The van der Waals surface area contributed by atoms with E-state index in [9.17, 15) is 18.0 Å². The lowest BCUT2D eigenvalue weighted by Crippen LogP contribution is -2.52. The molecule has 7 nitrogen and oxygen atoms in total. The highest BCUT2D eigenvalue weighted by atomic mass is 35.5. The van der Waals surface area contributed by atoms with Crippen molar-refractivity contribution in [3.05, 3.63) is 94.0 Å². The molecule has 0 aromatic heterocycles. The summed E-state index contributed by atoms with van der Waals surface area (Å²) in [6.07, 6.45) is 3.97. The first kappa shape index (κ1) is 30.6. The Morgan fingerprint density at radius 2 is 1.63 bits per heavy atom. The summed E-state index contributed by atoms with van der Waals surface area (Å²) in [5, 5.41) is 3.44. The minimum absolute atomic E-state index is 0.0625. The monoisotopic (exact) mass is 595 g/mol. The number of sulfonamides is 1. The third-order valence-corrected chi connectivity index (χ3v) is 9.64. The van der Waals surface area contributed by atoms with Gasteiger partial charge >= 0.3 is 0 Å². The largest absolute Gasteiger partial charge is 0.352 e. The Bertz CT molecular complexity index is 1500. The van der Waals surface area contributed by atoms with Gasteiger partial charge in [0.05, 0.1) is 10.6 Å². The van der Waals surface area contributed by atoms with Crippen LogP contribution in [0.5, 0.6) is 0 Å². The Hall–Kier alpha value is -3.36. The van der Waals surface area contributed by atoms with Crippen LogP contribution in [0.3, 0.4) is 0 Å². The second kappa shape index (κ2) is 13.1. The summed E-state index contributed by atoms with van der Waals surface area (Å²) in [6, 6.07) is 18.5. The summed E-state index contributed by atoms with van der Waals surface area (Å²) in [7, 11) is -4.16. The molecule has 0 bridgehead atoms. The molecule has 0 spiro atoms. The number of anilines is 1. The van der Waals surface area contributed by atoms with E-state index < -0.39 is 28.5 Å². The van der Waals surface area contributed by atoms with Crippen molar-refractivity contribution < 1.29 is 18.0 Å². The van der Waals surface area contributed by atoms with Gasteiger partial charge in [-0.05, 0) is 75.9 Å². The third kappa shape index (κ3) is 7.49. The molecule has 1 aliphatic rings. The topological polar surface area (TPSA) is 86.8 Å². The summed E-state index contributed by atoms with van der Waals surface area (Å²) in [6.45, 7) is 6.97. The van der Waals surface area contributed by atoms with E-state index in [-0.39, 0.29) is 23.4 Å². The van der Waals surface area contributed by atoms with Crippen LogP contribution < -0.4 is 9.62 Å². The van der Waals surface area contributed by atoms with Crippen molar-refractivity contribution in [3.63, 3.8) is 0 Å². The van der Waals surface area contributed by atoms with Gasteiger partial charge in [-0.2, -0.15) is 0 Å². The number of benzene rings is 3. The van der Waals surface area contributed by atoms with Gasteiger partial charge < -0.3 is 10.2 Å². The highest BCUT2D eigenvalue weighted by molar-refractivity contribution is 7.92. The van der Waals surface area contributed by atoms with Gasteiger partial charge in [0.1, 0.15) is 12.6 Å². The number of hydrogen-bond donors (Lipinski definition) is 1. The number of rotatable bonds is 10. The minimum atomic E-state index is -4.16. The van der Waals surface area contributed by atoms with Gasteiger partial charge in [-0.15, -0.1) is 0 Å². The summed E-state index contributed by atoms with van der Waals surface area (Å²) in [5.74, 6) is -0.736. The van der Waals surface area contributed by atoms with E-state index in [1.807, 2.05) is 38.1 Å². The lowest BCUT2D eigenvalue weighted by Gasteiger charge is -2.33. The first-order chi connectivity index (χ1) is 19.5. The number of nitrogens with one attached hydrogen (secondary N) is 1. The maximum Gasteiger partial charge on any atom is 0.264 e. The quantitative estimate of drug-likeness (QED) is 0.314. The average Bonchev–Trinajstić information content (AvgIpc) is 3.44. The van der Waals surface area contributed by atoms with Crippen LogP contribution in [0, 0.1) is 20.8 Å². The third-order valence-electron chi connectivity index (χ3n) is 7.63. The lowest BCUT2D eigenvalue weighted by atomic mass is 10.1. The molecule has 0 radical (unpaired) electrons. The number of carbonyl (C=O) groups is 2. The van der Waals surface area contributed by atoms with E-state index in [2.05, 4.69) is 5.32 Å². The van der Waals surface area contributed by atoms with Gasteiger partial charge in [0.2, 0.25) is 11.8 Å². The molecule has 0 saturated heterocycles. The molecule has 1 aliphatic carbocycles. The van der Waals surface area contributed by atoms with Gasteiger partial charge in [-0.1, -0.05) is 78.0 Å². The first-order valence-electron chi connectivity index (χ1n) is 14.0. The SMILES string of the molecule is Cc1ccc(S(=O)(=O)N(CC(=O)N(Cc2cccc(C)c2)[C@H](C)C(=O)NC2CCCC2)c2cc(Cl)ccc2C)cc1. The molecule has 0 unspecified atom stereocenters. The molecule has 9 heteroatoms. The van der Waals surface area contributed by atoms with E-state index in [4.69, 9.17) is 11.6 Å². The van der Waals surface area contributed by atoms with Crippen LogP contribution >= 0.6 is 11.6 Å². The fraction of sp³-hybridized carbons (Fsp3) is 0.375. The average molecular weight is 596 g/mol. The maximum absolute atomic E-state index is 14.1. The van der Waals surface area contributed by atoms with Gasteiger partial charge in [0.25, 0.3) is 10.0 Å². The zero-order valence-electron chi connectivity index (χ0n) is 24.1. The summed E-state index contributed by atoms with van der Waals surface area (Å²) in [4.78, 5) is 29.0. The Labute approximate surface area is 248 Å². The molecule has 3 aromatic carbocycles. The fourth-order valence-corrected chi connectivity index (χ4v) is 6.82. The Balaban J connectivity index is 1.72. The highest BCUT2D eigenvalue weighted by Gasteiger charge is 2.34. The van der Waals surface area contributed by atoms with Crippen LogP contribution in [-0.2, 0) is 26.2 Å². The number of aryl methyl sites for hydroxylation is 3. The molecular weight excluding hydrogens is 558 g/mol. The van der Waals surface area contributed by atoms with Crippen LogP contribution in [0.1, 0.15) is 54.9 Å². The van der Waals surface area contributed by atoms with Crippen molar-refractivity contribution in [1.82, 2.24) is 10.2 Å². The molecule has 1 saturated carbocycles. The van der Waals surface area contributed by atoms with Crippen LogP contribution in [-0.4, -0.2) is 43.8 Å². The van der Waals surface area contributed by atoms with E-state index in [0.29, 0.717) is 16.3 Å². The van der Waals surface area contributed by atoms with Crippen LogP contribution in [0.2, 0.25) is 5.02 Å². The second-order valence-electron chi connectivity index (χ2n) is 10.9. The van der Waals surface area contributed by atoms with E-state index in [1.165, 1.54) is 17.0 Å². The van der Waals surface area contributed by atoms with Crippen LogP contribution in [0.4, 0.5) is 5.69 Å². The molecule has 0 heterocycles.